The Morgan fingerprint density at radius 3 is 2.81 bits per heavy atom. The summed E-state index contributed by atoms with van der Waals surface area (Å²) >= 11 is 0. The van der Waals surface area contributed by atoms with E-state index in [1.54, 1.807) is 7.11 Å². The molecular weight excluding hydrogens is 328 g/mol. The summed E-state index contributed by atoms with van der Waals surface area (Å²) in [5.74, 6) is 0.531. The molecule has 3 aliphatic rings. The second-order valence-corrected chi connectivity index (χ2v) is 8.60. The number of nitrogens with zero attached hydrogens (tertiary/aromatic N) is 4. The van der Waals surface area contributed by atoms with Crippen LogP contribution in [-0.4, -0.2) is 71.2 Å². The van der Waals surface area contributed by atoms with Crippen LogP contribution in [0.15, 0.2) is 12.5 Å². The third-order valence-corrected chi connectivity index (χ3v) is 6.84. The molecule has 2 atom stereocenters. The molecule has 3 fully saturated rings. The Bertz CT molecular complexity index is 654. The number of amides is 1. The maximum absolute atomic E-state index is 13.4. The minimum Gasteiger partial charge on any atom is -0.383 e. The summed E-state index contributed by atoms with van der Waals surface area (Å²) in [6.45, 7) is 8.38. The van der Waals surface area contributed by atoms with Crippen LogP contribution in [0, 0.1) is 5.41 Å². The molecule has 0 radical (unpaired) electrons. The summed E-state index contributed by atoms with van der Waals surface area (Å²) in [6, 6.07) is 1.07. The van der Waals surface area contributed by atoms with Gasteiger partial charge >= 0.3 is 0 Å². The molecule has 2 aliphatic heterocycles. The summed E-state index contributed by atoms with van der Waals surface area (Å²) in [7, 11) is 1.70. The molecule has 6 heteroatoms. The first-order chi connectivity index (χ1) is 12.5. The second kappa shape index (κ2) is 6.97. The summed E-state index contributed by atoms with van der Waals surface area (Å²) in [6.07, 6.45) is 8.94. The van der Waals surface area contributed by atoms with Crippen molar-refractivity contribution in [1.29, 1.82) is 0 Å². The largest absolute Gasteiger partial charge is 0.383 e. The van der Waals surface area contributed by atoms with E-state index >= 15 is 0 Å². The first-order valence-corrected chi connectivity index (χ1v) is 10.1. The Kier molecular flexibility index (Phi) is 4.82. The fourth-order valence-electron chi connectivity index (χ4n) is 4.91. The smallest absolute Gasteiger partial charge is 0.230 e. The Labute approximate surface area is 156 Å². The van der Waals surface area contributed by atoms with Crippen LogP contribution in [0.5, 0.6) is 0 Å². The van der Waals surface area contributed by atoms with Crippen LogP contribution >= 0.6 is 0 Å². The molecule has 1 saturated carbocycles. The van der Waals surface area contributed by atoms with Gasteiger partial charge < -0.3 is 14.2 Å². The number of rotatable bonds is 6. The number of carbonyl (C=O) groups excluding carboxylic acids is 1. The van der Waals surface area contributed by atoms with Crippen molar-refractivity contribution < 1.29 is 9.53 Å². The van der Waals surface area contributed by atoms with E-state index in [4.69, 9.17) is 9.72 Å². The monoisotopic (exact) mass is 360 g/mol. The van der Waals surface area contributed by atoms with Gasteiger partial charge in [-0.2, -0.15) is 0 Å². The molecule has 1 aliphatic carbocycles. The van der Waals surface area contributed by atoms with Gasteiger partial charge in [-0.15, -0.1) is 0 Å². The van der Waals surface area contributed by atoms with Gasteiger partial charge in [0.25, 0.3) is 0 Å². The number of aromatic nitrogens is 2. The molecule has 0 N–H and O–H groups in total. The number of likely N-dealkylation sites (tertiary alicyclic amines) is 2. The molecule has 0 bridgehead atoms. The van der Waals surface area contributed by atoms with Crippen LogP contribution in [-0.2, 0) is 9.53 Å². The molecular formula is C20H32N4O2. The van der Waals surface area contributed by atoms with Crippen LogP contribution in [0.1, 0.15) is 57.2 Å². The van der Waals surface area contributed by atoms with Crippen LogP contribution in [0.2, 0.25) is 0 Å². The van der Waals surface area contributed by atoms with Crippen LogP contribution in [0.4, 0.5) is 0 Å². The highest BCUT2D eigenvalue weighted by Gasteiger charge is 2.58. The van der Waals surface area contributed by atoms with Gasteiger partial charge in [-0.3, -0.25) is 9.69 Å². The lowest BCUT2D eigenvalue weighted by Crippen LogP contribution is -2.43. The molecule has 0 unspecified atom stereocenters. The number of carbonyl (C=O) groups is 1. The predicted octanol–water partition coefficient (Wildman–Crippen LogP) is 2.28. The van der Waals surface area contributed by atoms with Crippen molar-refractivity contribution in [2.75, 3.05) is 39.9 Å². The lowest BCUT2D eigenvalue weighted by atomic mass is 9.75. The minimum atomic E-state index is -0.292. The Hall–Kier alpha value is -1.40. The van der Waals surface area contributed by atoms with E-state index in [1.807, 2.05) is 11.2 Å². The fourth-order valence-corrected chi connectivity index (χ4v) is 4.91. The highest BCUT2D eigenvalue weighted by molar-refractivity contribution is 5.86. The zero-order chi connectivity index (χ0) is 18.3. The lowest BCUT2D eigenvalue weighted by molar-refractivity contribution is -0.136. The van der Waals surface area contributed by atoms with E-state index in [-0.39, 0.29) is 11.3 Å². The van der Waals surface area contributed by atoms with Gasteiger partial charge in [0.2, 0.25) is 5.91 Å². The van der Waals surface area contributed by atoms with Gasteiger partial charge in [0, 0.05) is 57.5 Å². The van der Waals surface area contributed by atoms with E-state index < -0.39 is 0 Å². The summed E-state index contributed by atoms with van der Waals surface area (Å²) < 4.78 is 7.37. The standard InChI is InChI=1S/C20H32N4O2/c1-15(2)24-12-18(21-14-24)17-11-23(16-5-4-6-16)13-20(17)7-8-22(19(20)25)9-10-26-3/h12,14-17H,4-11,13H2,1-3H3/t17-,20-/m1/s1. The zero-order valence-electron chi connectivity index (χ0n) is 16.4. The van der Waals surface area contributed by atoms with E-state index in [9.17, 15) is 4.79 Å². The summed E-state index contributed by atoms with van der Waals surface area (Å²) in [5, 5.41) is 0. The predicted molar refractivity (Wildman–Crippen MR) is 100 cm³/mol. The first kappa shape index (κ1) is 18.0. The number of methoxy groups -OCH3 is 1. The van der Waals surface area contributed by atoms with Crippen molar-refractivity contribution in [3.05, 3.63) is 18.2 Å². The number of hydrogen-bond acceptors (Lipinski definition) is 4. The zero-order valence-corrected chi connectivity index (χ0v) is 16.4. The average molecular weight is 361 g/mol. The number of hydrogen-bond donors (Lipinski definition) is 0. The van der Waals surface area contributed by atoms with Crippen LogP contribution in [0.25, 0.3) is 0 Å². The normalized spacial score (nSPS) is 30.1. The maximum Gasteiger partial charge on any atom is 0.230 e. The molecule has 2 saturated heterocycles. The van der Waals surface area contributed by atoms with Gasteiger partial charge in [-0.1, -0.05) is 6.42 Å². The van der Waals surface area contributed by atoms with Gasteiger partial charge in [0.1, 0.15) is 0 Å². The van der Waals surface area contributed by atoms with Gasteiger partial charge in [0.15, 0.2) is 0 Å². The third kappa shape index (κ3) is 2.87. The molecule has 4 rings (SSSR count). The molecule has 0 aromatic carbocycles. The first-order valence-electron chi connectivity index (χ1n) is 10.1. The molecule has 1 amide bonds. The SMILES string of the molecule is COCCN1CC[C@]2(CN(C3CCC3)C[C@@H]2c2cn(C(C)C)cn2)C1=O. The summed E-state index contributed by atoms with van der Waals surface area (Å²) in [4.78, 5) is 22.8. The van der Waals surface area contributed by atoms with Gasteiger partial charge in [0.05, 0.1) is 24.0 Å². The van der Waals surface area contributed by atoms with E-state index in [0.717, 1.165) is 31.7 Å². The van der Waals surface area contributed by atoms with Gasteiger partial charge in [-0.05, 0) is 33.1 Å². The molecule has 26 heavy (non-hydrogen) atoms. The van der Waals surface area contributed by atoms with Crippen LogP contribution < -0.4 is 0 Å². The average Bonchev–Trinajstić information content (AvgIpc) is 3.25. The van der Waals surface area contributed by atoms with E-state index in [0.29, 0.717) is 31.1 Å². The lowest BCUT2D eigenvalue weighted by Gasteiger charge is -2.35. The molecule has 6 nitrogen and oxygen atoms in total. The van der Waals surface area contributed by atoms with Crippen molar-refractivity contribution >= 4 is 5.91 Å². The highest BCUT2D eigenvalue weighted by atomic mass is 16.5. The Morgan fingerprint density at radius 1 is 1.38 bits per heavy atom. The van der Waals surface area contributed by atoms with E-state index in [2.05, 4.69) is 29.5 Å². The van der Waals surface area contributed by atoms with Crippen molar-refractivity contribution in [2.45, 2.75) is 57.5 Å². The highest BCUT2D eigenvalue weighted by Crippen LogP contribution is 2.51. The van der Waals surface area contributed by atoms with Crippen molar-refractivity contribution in [2.24, 2.45) is 5.41 Å². The topological polar surface area (TPSA) is 50.6 Å². The fraction of sp³-hybridized carbons (Fsp3) is 0.800. The number of ether oxygens (including phenoxy) is 1. The summed E-state index contributed by atoms with van der Waals surface area (Å²) in [5.41, 5.74) is 0.807. The Balaban J connectivity index is 1.61. The second-order valence-electron chi connectivity index (χ2n) is 8.60. The van der Waals surface area contributed by atoms with Gasteiger partial charge in [-0.25, -0.2) is 4.98 Å². The third-order valence-electron chi connectivity index (χ3n) is 6.84. The molecule has 1 aromatic rings. The maximum atomic E-state index is 13.4. The minimum absolute atomic E-state index is 0.211. The van der Waals surface area contributed by atoms with Crippen LogP contribution in [0.3, 0.4) is 0 Å². The molecule has 1 spiro atoms. The van der Waals surface area contributed by atoms with Crippen molar-refractivity contribution in [3.8, 4) is 0 Å². The van der Waals surface area contributed by atoms with E-state index in [1.165, 1.54) is 19.3 Å². The van der Waals surface area contributed by atoms with Crippen molar-refractivity contribution in [3.63, 3.8) is 0 Å². The quantitative estimate of drug-likeness (QED) is 0.781. The molecule has 1 aromatic heterocycles. The molecule has 3 heterocycles. The molecule has 144 valence electrons. The number of imidazole rings is 1. The van der Waals surface area contributed by atoms with Crippen molar-refractivity contribution in [1.82, 2.24) is 19.4 Å². The Morgan fingerprint density at radius 2 is 2.19 bits per heavy atom.